The van der Waals surface area contributed by atoms with Crippen LogP contribution in [0.2, 0.25) is 5.02 Å². The molecule has 4 rings (SSSR count). The molecule has 10 nitrogen and oxygen atoms in total. The minimum Gasteiger partial charge on any atom is -0.504 e. The zero-order valence-corrected chi connectivity index (χ0v) is 15.0. The van der Waals surface area contributed by atoms with Crippen molar-refractivity contribution in [3.05, 3.63) is 22.7 Å². The molecule has 5 N–H and O–H groups in total. The molecular formula is C16H18ClN7O3. The number of hydrogen-bond donors (Lipinski definition) is 5. The largest absolute Gasteiger partial charge is 0.504 e. The van der Waals surface area contributed by atoms with E-state index in [-0.39, 0.29) is 35.7 Å². The maximum absolute atomic E-state index is 10.0. The van der Waals surface area contributed by atoms with Crippen molar-refractivity contribution in [3.63, 3.8) is 0 Å². The number of aliphatic hydroxyl groups excluding tert-OH is 1. The second kappa shape index (κ2) is 7.05. The first-order valence-electron chi connectivity index (χ1n) is 8.48. The molecule has 2 aromatic heterocycles. The van der Waals surface area contributed by atoms with Crippen LogP contribution in [0.5, 0.6) is 11.5 Å². The molecule has 0 saturated carbocycles. The number of aromatic amines is 1. The maximum Gasteiger partial charge on any atom is 0.229 e. The third-order valence-electron chi connectivity index (χ3n) is 4.65. The summed E-state index contributed by atoms with van der Waals surface area (Å²) in [7, 11) is 0. The molecule has 0 spiro atoms. The second-order valence-electron chi connectivity index (χ2n) is 6.31. The van der Waals surface area contributed by atoms with Gasteiger partial charge in [0.25, 0.3) is 0 Å². The van der Waals surface area contributed by atoms with Crippen molar-refractivity contribution in [2.45, 2.75) is 25.4 Å². The lowest BCUT2D eigenvalue weighted by Gasteiger charge is -2.23. The molecule has 3 heterocycles. The number of halogens is 1. The lowest BCUT2D eigenvalue weighted by molar-refractivity contribution is 0.265. The summed E-state index contributed by atoms with van der Waals surface area (Å²) in [5.41, 5.74) is 1.37. The van der Waals surface area contributed by atoms with Crippen LogP contribution in [-0.2, 0) is 6.54 Å². The lowest BCUT2D eigenvalue weighted by Crippen LogP contribution is -2.33. The Hall–Kier alpha value is -2.85. The van der Waals surface area contributed by atoms with Crippen molar-refractivity contribution < 1.29 is 15.3 Å². The van der Waals surface area contributed by atoms with E-state index in [9.17, 15) is 15.3 Å². The Balaban J connectivity index is 1.65. The summed E-state index contributed by atoms with van der Waals surface area (Å²) >= 11 is 5.79. The van der Waals surface area contributed by atoms with E-state index in [1.54, 1.807) is 6.07 Å². The Kier molecular flexibility index (Phi) is 4.58. The fraction of sp³-hybridized carbons (Fsp3) is 0.375. The highest BCUT2D eigenvalue weighted by Crippen LogP contribution is 2.36. The normalized spacial score (nSPS) is 17.0. The number of phenolic OH excluding ortho intramolecular Hbond substituents is 2. The Bertz CT molecular complexity index is 980. The number of nitrogens with zero attached hydrogens (tertiary/aromatic N) is 5. The van der Waals surface area contributed by atoms with Crippen LogP contribution in [0, 0.1) is 0 Å². The van der Waals surface area contributed by atoms with Crippen molar-refractivity contribution >= 4 is 34.5 Å². The van der Waals surface area contributed by atoms with Crippen LogP contribution < -0.4 is 10.2 Å². The van der Waals surface area contributed by atoms with Gasteiger partial charge in [-0.05, 0) is 18.9 Å². The molecule has 11 heteroatoms. The van der Waals surface area contributed by atoms with E-state index in [1.165, 1.54) is 6.07 Å². The molecule has 142 valence electrons. The van der Waals surface area contributed by atoms with Gasteiger partial charge in [-0.1, -0.05) is 22.9 Å². The van der Waals surface area contributed by atoms with Gasteiger partial charge in [-0.2, -0.15) is 9.97 Å². The van der Waals surface area contributed by atoms with E-state index in [1.807, 2.05) is 4.90 Å². The summed E-state index contributed by atoms with van der Waals surface area (Å²) < 4.78 is 0. The first-order valence-corrected chi connectivity index (χ1v) is 8.85. The first-order chi connectivity index (χ1) is 13.1. The van der Waals surface area contributed by atoms with Gasteiger partial charge in [0.15, 0.2) is 28.5 Å². The highest BCUT2D eigenvalue weighted by atomic mass is 35.5. The molecule has 1 aliphatic heterocycles. The Labute approximate surface area is 158 Å². The number of anilines is 2. The number of H-pyrrole nitrogens is 1. The highest BCUT2D eigenvalue weighted by Gasteiger charge is 2.27. The van der Waals surface area contributed by atoms with E-state index in [4.69, 9.17) is 11.6 Å². The van der Waals surface area contributed by atoms with E-state index >= 15 is 0 Å². The molecule has 3 aromatic rings. The van der Waals surface area contributed by atoms with E-state index in [0.29, 0.717) is 28.5 Å². The van der Waals surface area contributed by atoms with Gasteiger partial charge in [0, 0.05) is 18.7 Å². The minimum absolute atomic E-state index is 0.0246. The summed E-state index contributed by atoms with van der Waals surface area (Å²) in [6.07, 6.45) is 1.83. The summed E-state index contributed by atoms with van der Waals surface area (Å²) in [6.45, 7) is 0.964. The number of aromatic hydroxyl groups is 2. The van der Waals surface area contributed by atoms with Crippen LogP contribution in [-0.4, -0.2) is 59.9 Å². The molecule has 0 bridgehead atoms. The molecule has 1 atom stereocenters. The number of rotatable bonds is 5. The summed E-state index contributed by atoms with van der Waals surface area (Å²) in [5.74, 6) is 0.242. The highest BCUT2D eigenvalue weighted by molar-refractivity contribution is 6.32. The van der Waals surface area contributed by atoms with Gasteiger partial charge in [0.1, 0.15) is 0 Å². The van der Waals surface area contributed by atoms with Gasteiger partial charge in [-0.15, -0.1) is 5.10 Å². The zero-order chi connectivity index (χ0) is 19.0. The Morgan fingerprint density at radius 1 is 1.26 bits per heavy atom. The van der Waals surface area contributed by atoms with Crippen molar-refractivity contribution in [2.24, 2.45) is 0 Å². The third-order valence-corrected chi connectivity index (χ3v) is 4.96. The van der Waals surface area contributed by atoms with Gasteiger partial charge < -0.3 is 25.5 Å². The van der Waals surface area contributed by atoms with Crippen LogP contribution >= 0.6 is 11.6 Å². The van der Waals surface area contributed by atoms with E-state index in [0.717, 1.165) is 19.4 Å². The molecule has 0 radical (unpaired) electrons. The Morgan fingerprint density at radius 3 is 2.93 bits per heavy atom. The average Bonchev–Trinajstić information content (AvgIpc) is 3.34. The monoisotopic (exact) mass is 391 g/mol. The smallest absolute Gasteiger partial charge is 0.229 e. The second-order valence-corrected chi connectivity index (χ2v) is 6.72. The standard InChI is InChI=1S/C16H18ClN7O3/c17-10-4-3-8(12(26)13(10)27)6-18-14-11-15(22-23-21-11)20-16(19-14)24-5-1-2-9(24)7-25/h3-4,9,25-27H,1-2,5-7H2,(H2,18,19,20,21,22,23)/t9-/m1/s1. The van der Waals surface area contributed by atoms with Crippen molar-refractivity contribution in [1.29, 1.82) is 0 Å². The van der Waals surface area contributed by atoms with Crippen LogP contribution in [0.1, 0.15) is 18.4 Å². The number of nitrogens with one attached hydrogen (secondary N) is 2. The molecule has 1 saturated heterocycles. The van der Waals surface area contributed by atoms with Gasteiger partial charge >= 0.3 is 0 Å². The topological polar surface area (TPSA) is 143 Å². The van der Waals surface area contributed by atoms with Crippen molar-refractivity contribution in [1.82, 2.24) is 25.4 Å². The number of aromatic nitrogens is 5. The minimum atomic E-state index is -0.367. The number of fused-ring (bicyclic) bond motifs is 1. The molecule has 1 fully saturated rings. The van der Waals surface area contributed by atoms with Gasteiger partial charge in [0.2, 0.25) is 5.95 Å². The molecule has 1 aliphatic rings. The summed E-state index contributed by atoms with van der Waals surface area (Å²) in [6, 6.07) is 3.08. The number of hydrogen-bond acceptors (Lipinski definition) is 9. The van der Waals surface area contributed by atoms with Crippen LogP contribution in [0.15, 0.2) is 12.1 Å². The number of aliphatic hydroxyl groups is 1. The molecule has 1 aromatic carbocycles. The van der Waals surface area contributed by atoms with Gasteiger partial charge in [-0.3, -0.25) is 0 Å². The number of benzene rings is 1. The van der Waals surface area contributed by atoms with Gasteiger partial charge in [-0.25, -0.2) is 5.10 Å². The third kappa shape index (κ3) is 3.17. The molecule has 0 aliphatic carbocycles. The van der Waals surface area contributed by atoms with Gasteiger partial charge in [0.05, 0.1) is 17.7 Å². The summed E-state index contributed by atoms with van der Waals surface area (Å²) in [4.78, 5) is 10.9. The lowest BCUT2D eigenvalue weighted by atomic mass is 10.2. The van der Waals surface area contributed by atoms with Crippen molar-refractivity contribution in [3.8, 4) is 11.5 Å². The quantitative estimate of drug-likeness (QED) is 0.407. The molecule has 0 unspecified atom stereocenters. The maximum atomic E-state index is 10.0. The SMILES string of the molecule is OC[C@H]1CCCN1c1nc(NCc2ccc(Cl)c(O)c2O)c2nn[nH]c2n1. The van der Waals surface area contributed by atoms with E-state index in [2.05, 4.69) is 30.7 Å². The van der Waals surface area contributed by atoms with Crippen LogP contribution in [0.25, 0.3) is 11.2 Å². The number of phenols is 2. The van der Waals surface area contributed by atoms with Crippen LogP contribution in [0.4, 0.5) is 11.8 Å². The molecular weight excluding hydrogens is 374 g/mol. The fourth-order valence-corrected chi connectivity index (χ4v) is 3.35. The average molecular weight is 392 g/mol. The predicted octanol–water partition coefficient (Wildman–Crippen LogP) is 1.39. The predicted molar refractivity (Wildman–Crippen MR) is 99.0 cm³/mol. The Morgan fingerprint density at radius 2 is 2.11 bits per heavy atom. The summed E-state index contributed by atoms with van der Waals surface area (Å²) in [5, 5.41) is 43.1. The molecule has 0 amide bonds. The van der Waals surface area contributed by atoms with Crippen LogP contribution in [0.3, 0.4) is 0 Å². The zero-order valence-electron chi connectivity index (χ0n) is 14.2. The molecule has 27 heavy (non-hydrogen) atoms. The van der Waals surface area contributed by atoms with E-state index < -0.39 is 0 Å². The fourth-order valence-electron chi connectivity index (χ4n) is 3.20. The van der Waals surface area contributed by atoms with Crippen molar-refractivity contribution in [2.75, 3.05) is 23.4 Å². The first kappa shape index (κ1) is 17.6.